The predicted molar refractivity (Wildman–Crippen MR) is 73.1 cm³/mol. The third kappa shape index (κ3) is 3.31. The molecule has 1 fully saturated rings. The predicted octanol–water partition coefficient (Wildman–Crippen LogP) is 2.27. The number of hydrogen-bond acceptors (Lipinski definition) is 3. The lowest BCUT2D eigenvalue weighted by Crippen LogP contribution is -2.49. The highest BCUT2D eigenvalue weighted by Crippen LogP contribution is 2.23. The molecule has 0 unspecified atom stereocenters. The number of nitriles is 1. The summed E-state index contributed by atoms with van der Waals surface area (Å²) in [6.07, 6.45) is 2.12. The summed E-state index contributed by atoms with van der Waals surface area (Å²) < 4.78 is 13.7. The quantitative estimate of drug-likeness (QED) is 0.907. The fourth-order valence-corrected chi connectivity index (χ4v) is 2.46. The Hall–Kier alpha value is -1.44. The molecule has 1 aliphatic rings. The molecule has 1 heterocycles. The molecule has 0 atom stereocenters. The lowest BCUT2D eigenvalue weighted by atomic mass is 9.89. The van der Waals surface area contributed by atoms with E-state index in [0.717, 1.165) is 25.9 Å². The summed E-state index contributed by atoms with van der Waals surface area (Å²) >= 11 is 0. The number of rotatable bonds is 3. The minimum absolute atomic E-state index is 0.198. The van der Waals surface area contributed by atoms with Gasteiger partial charge < -0.3 is 5.32 Å². The Morgan fingerprint density at radius 2 is 2.11 bits per heavy atom. The molecular weight excluding hydrogens is 241 g/mol. The Bertz CT molecular complexity index is 485. The van der Waals surface area contributed by atoms with Crippen LogP contribution in [0.15, 0.2) is 18.2 Å². The van der Waals surface area contributed by atoms with E-state index in [2.05, 4.69) is 23.2 Å². The fourth-order valence-electron chi connectivity index (χ4n) is 2.46. The zero-order valence-corrected chi connectivity index (χ0v) is 11.5. The van der Waals surface area contributed by atoms with Crippen LogP contribution in [0, 0.1) is 17.1 Å². The third-order valence-corrected chi connectivity index (χ3v) is 4.13. The number of halogens is 1. The Morgan fingerprint density at radius 1 is 1.42 bits per heavy atom. The zero-order chi connectivity index (χ0) is 13.9. The largest absolute Gasteiger partial charge is 0.314 e. The molecule has 0 spiro atoms. The molecule has 102 valence electrons. The van der Waals surface area contributed by atoms with Crippen molar-refractivity contribution in [2.24, 2.45) is 0 Å². The first-order valence-electron chi connectivity index (χ1n) is 6.66. The van der Waals surface area contributed by atoms with Crippen LogP contribution in [0.4, 0.5) is 4.39 Å². The Morgan fingerprint density at radius 3 is 2.68 bits per heavy atom. The van der Waals surface area contributed by atoms with Gasteiger partial charge in [-0.05, 0) is 45.0 Å². The maximum atomic E-state index is 13.7. The molecular formula is C15H20FN3. The monoisotopic (exact) mass is 261 g/mol. The molecule has 1 N–H and O–H groups in total. The fraction of sp³-hybridized carbons (Fsp3) is 0.533. The smallest absolute Gasteiger partial charge is 0.127 e. The molecule has 19 heavy (non-hydrogen) atoms. The van der Waals surface area contributed by atoms with Crippen LogP contribution in [-0.2, 0) is 6.54 Å². The number of likely N-dealkylation sites (tertiary alicyclic amines) is 1. The number of piperidine rings is 1. The average Bonchev–Trinajstić information content (AvgIpc) is 2.44. The van der Waals surface area contributed by atoms with E-state index in [1.54, 1.807) is 6.07 Å². The average molecular weight is 261 g/mol. The Labute approximate surface area is 114 Å². The van der Waals surface area contributed by atoms with E-state index in [-0.39, 0.29) is 11.4 Å². The van der Waals surface area contributed by atoms with E-state index in [0.29, 0.717) is 17.7 Å². The zero-order valence-electron chi connectivity index (χ0n) is 11.5. The summed E-state index contributed by atoms with van der Waals surface area (Å²) in [4.78, 5) is 2.25. The normalized spacial score (nSPS) is 19.1. The SMILES string of the molecule is CNC1(C)CCN(Cc2cc(C#N)ccc2F)CC1. The molecule has 1 saturated heterocycles. The van der Waals surface area contributed by atoms with Crippen LogP contribution in [0.2, 0.25) is 0 Å². The first kappa shape index (κ1) is 14.0. The van der Waals surface area contributed by atoms with Crippen molar-refractivity contribution in [2.75, 3.05) is 20.1 Å². The molecule has 1 aromatic carbocycles. The van der Waals surface area contributed by atoms with E-state index in [4.69, 9.17) is 5.26 Å². The van der Waals surface area contributed by atoms with Gasteiger partial charge in [0.2, 0.25) is 0 Å². The number of benzene rings is 1. The van der Waals surface area contributed by atoms with Crippen molar-refractivity contribution in [2.45, 2.75) is 31.8 Å². The van der Waals surface area contributed by atoms with Crippen molar-refractivity contribution in [3.05, 3.63) is 35.1 Å². The van der Waals surface area contributed by atoms with Crippen LogP contribution >= 0.6 is 0 Å². The lowest BCUT2D eigenvalue weighted by Gasteiger charge is -2.39. The van der Waals surface area contributed by atoms with Gasteiger partial charge in [0.25, 0.3) is 0 Å². The van der Waals surface area contributed by atoms with Gasteiger partial charge in [0.1, 0.15) is 5.82 Å². The molecule has 0 amide bonds. The molecule has 3 nitrogen and oxygen atoms in total. The van der Waals surface area contributed by atoms with E-state index in [9.17, 15) is 4.39 Å². The van der Waals surface area contributed by atoms with Crippen LogP contribution < -0.4 is 5.32 Å². The second-order valence-electron chi connectivity index (χ2n) is 5.50. The van der Waals surface area contributed by atoms with Gasteiger partial charge in [-0.15, -0.1) is 0 Å². The van der Waals surface area contributed by atoms with Crippen molar-refractivity contribution >= 4 is 0 Å². The molecule has 0 bridgehead atoms. The van der Waals surface area contributed by atoms with Gasteiger partial charge in [-0.25, -0.2) is 4.39 Å². The van der Waals surface area contributed by atoms with E-state index in [1.807, 2.05) is 7.05 Å². The summed E-state index contributed by atoms with van der Waals surface area (Å²) in [5.41, 5.74) is 1.34. The molecule has 0 saturated carbocycles. The molecule has 0 aromatic heterocycles. The summed E-state index contributed by atoms with van der Waals surface area (Å²) in [6.45, 7) is 4.71. The summed E-state index contributed by atoms with van der Waals surface area (Å²) in [5, 5.41) is 12.2. The number of nitrogens with one attached hydrogen (secondary N) is 1. The first-order valence-corrected chi connectivity index (χ1v) is 6.66. The van der Waals surface area contributed by atoms with Gasteiger partial charge in [-0.2, -0.15) is 5.26 Å². The maximum absolute atomic E-state index is 13.7. The van der Waals surface area contributed by atoms with Crippen molar-refractivity contribution in [3.8, 4) is 6.07 Å². The summed E-state index contributed by atoms with van der Waals surface area (Å²) in [5.74, 6) is -0.221. The van der Waals surface area contributed by atoms with Crippen molar-refractivity contribution < 1.29 is 4.39 Å². The molecule has 0 aliphatic carbocycles. The molecule has 4 heteroatoms. The number of hydrogen-bond donors (Lipinski definition) is 1. The molecule has 1 aromatic rings. The topological polar surface area (TPSA) is 39.1 Å². The third-order valence-electron chi connectivity index (χ3n) is 4.13. The summed E-state index contributed by atoms with van der Waals surface area (Å²) in [7, 11) is 1.99. The molecule has 2 rings (SSSR count). The highest BCUT2D eigenvalue weighted by atomic mass is 19.1. The van der Waals surface area contributed by atoms with Crippen molar-refractivity contribution in [1.29, 1.82) is 5.26 Å². The first-order chi connectivity index (χ1) is 9.06. The van der Waals surface area contributed by atoms with Gasteiger partial charge >= 0.3 is 0 Å². The standard InChI is InChI=1S/C15H20FN3/c1-15(18-2)5-7-19(8-6-15)11-13-9-12(10-17)3-4-14(13)16/h3-4,9,18H,5-8,11H2,1-2H3. The lowest BCUT2D eigenvalue weighted by molar-refractivity contribution is 0.145. The highest BCUT2D eigenvalue weighted by Gasteiger charge is 2.28. The second-order valence-corrected chi connectivity index (χ2v) is 5.50. The number of nitrogens with zero attached hydrogens (tertiary/aromatic N) is 2. The van der Waals surface area contributed by atoms with Crippen LogP contribution in [0.5, 0.6) is 0 Å². The van der Waals surface area contributed by atoms with Crippen LogP contribution in [0.1, 0.15) is 30.9 Å². The van der Waals surface area contributed by atoms with E-state index < -0.39 is 0 Å². The van der Waals surface area contributed by atoms with Gasteiger partial charge in [-0.3, -0.25) is 4.90 Å². The Balaban J connectivity index is 2.02. The Kier molecular flexibility index (Phi) is 4.18. The van der Waals surface area contributed by atoms with Crippen molar-refractivity contribution in [1.82, 2.24) is 10.2 Å². The van der Waals surface area contributed by atoms with Crippen LogP contribution in [0.3, 0.4) is 0 Å². The minimum Gasteiger partial charge on any atom is -0.314 e. The van der Waals surface area contributed by atoms with Gasteiger partial charge in [-0.1, -0.05) is 0 Å². The second kappa shape index (κ2) is 5.68. The van der Waals surface area contributed by atoms with Crippen molar-refractivity contribution in [3.63, 3.8) is 0 Å². The molecule has 1 aliphatic heterocycles. The van der Waals surface area contributed by atoms with Crippen LogP contribution in [-0.4, -0.2) is 30.6 Å². The summed E-state index contributed by atoms with van der Waals surface area (Å²) in [6, 6.07) is 6.62. The molecule has 0 radical (unpaired) electrons. The van der Waals surface area contributed by atoms with E-state index in [1.165, 1.54) is 12.1 Å². The maximum Gasteiger partial charge on any atom is 0.127 e. The van der Waals surface area contributed by atoms with Gasteiger partial charge in [0, 0.05) is 30.7 Å². The highest BCUT2D eigenvalue weighted by molar-refractivity contribution is 5.33. The van der Waals surface area contributed by atoms with Gasteiger partial charge in [0.15, 0.2) is 0 Å². The van der Waals surface area contributed by atoms with Gasteiger partial charge in [0.05, 0.1) is 11.6 Å². The van der Waals surface area contributed by atoms with E-state index >= 15 is 0 Å². The van der Waals surface area contributed by atoms with Crippen LogP contribution in [0.25, 0.3) is 0 Å². The minimum atomic E-state index is -0.221.